The molecule has 0 saturated carbocycles. The molecule has 2 aromatic carbocycles. The van der Waals surface area contributed by atoms with Gasteiger partial charge in [0.2, 0.25) is 5.91 Å². The molecule has 1 atom stereocenters. The van der Waals surface area contributed by atoms with E-state index in [9.17, 15) is 10.1 Å². The van der Waals surface area contributed by atoms with Crippen LogP contribution in [0.3, 0.4) is 0 Å². The van der Waals surface area contributed by atoms with Crippen molar-refractivity contribution in [3.05, 3.63) is 64.2 Å². The van der Waals surface area contributed by atoms with Crippen LogP contribution in [0.2, 0.25) is 0 Å². The first-order valence-corrected chi connectivity index (χ1v) is 10.6. The molecule has 0 aromatic heterocycles. The Labute approximate surface area is 180 Å². The van der Waals surface area contributed by atoms with E-state index in [1.165, 1.54) is 11.8 Å². The van der Waals surface area contributed by atoms with Gasteiger partial charge in [0.1, 0.15) is 11.5 Å². The van der Waals surface area contributed by atoms with Gasteiger partial charge in [0, 0.05) is 18.4 Å². The van der Waals surface area contributed by atoms with Crippen LogP contribution in [0.25, 0.3) is 0 Å². The van der Waals surface area contributed by atoms with Crippen molar-refractivity contribution in [2.24, 2.45) is 0 Å². The van der Waals surface area contributed by atoms with E-state index < -0.39 is 0 Å². The molecule has 0 N–H and O–H groups in total. The fourth-order valence-corrected chi connectivity index (χ4v) is 5.00. The SMILES string of the molecule is COc1ccc(N2CSC3=C(C#N)[C@H](c4ccc(C)cc4)CC(=O)N3C2)c(OC)c1. The molecule has 2 aromatic rings. The largest absolute Gasteiger partial charge is 0.497 e. The van der Waals surface area contributed by atoms with Crippen LogP contribution < -0.4 is 14.4 Å². The van der Waals surface area contributed by atoms with Crippen molar-refractivity contribution in [2.75, 3.05) is 31.7 Å². The zero-order valence-corrected chi connectivity index (χ0v) is 18.0. The summed E-state index contributed by atoms with van der Waals surface area (Å²) in [5.41, 5.74) is 3.73. The number of amides is 1. The predicted octanol–water partition coefficient (Wildman–Crippen LogP) is 4.23. The summed E-state index contributed by atoms with van der Waals surface area (Å²) < 4.78 is 10.8. The van der Waals surface area contributed by atoms with Crippen LogP contribution in [0.15, 0.2) is 53.1 Å². The molecule has 0 spiro atoms. The second kappa shape index (κ2) is 8.33. The lowest BCUT2D eigenvalue weighted by Gasteiger charge is -2.42. The van der Waals surface area contributed by atoms with Crippen molar-refractivity contribution >= 4 is 23.4 Å². The highest BCUT2D eigenvalue weighted by atomic mass is 32.2. The number of anilines is 1. The minimum absolute atomic E-state index is 0.0271. The van der Waals surface area contributed by atoms with E-state index in [1.807, 2.05) is 49.4 Å². The van der Waals surface area contributed by atoms with Crippen LogP contribution in [0, 0.1) is 18.3 Å². The van der Waals surface area contributed by atoms with Crippen molar-refractivity contribution < 1.29 is 14.3 Å². The maximum absolute atomic E-state index is 13.1. The van der Waals surface area contributed by atoms with Crippen molar-refractivity contribution in [3.8, 4) is 17.6 Å². The molecule has 4 rings (SSSR count). The zero-order valence-electron chi connectivity index (χ0n) is 17.2. The number of fused-ring (bicyclic) bond motifs is 1. The van der Waals surface area contributed by atoms with Crippen molar-refractivity contribution in [1.29, 1.82) is 5.26 Å². The summed E-state index contributed by atoms with van der Waals surface area (Å²) in [6, 6.07) is 16.1. The zero-order chi connectivity index (χ0) is 21.3. The van der Waals surface area contributed by atoms with E-state index in [1.54, 1.807) is 19.1 Å². The number of rotatable bonds is 4. The van der Waals surface area contributed by atoms with Crippen LogP contribution in [0.5, 0.6) is 11.5 Å². The van der Waals surface area contributed by atoms with E-state index in [0.717, 1.165) is 21.8 Å². The Morgan fingerprint density at radius 2 is 1.90 bits per heavy atom. The van der Waals surface area contributed by atoms with Gasteiger partial charge in [-0.25, -0.2) is 0 Å². The molecule has 1 fully saturated rings. The summed E-state index contributed by atoms with van der Waals surface area (Å²) in [4.78, 5) is 16.9. The fraction of sp³-hybridized carbons (Fsp3) is 0.304. The first-order chi connectivity index (χ1) is 14.5. The first kappa shape index (κ1) is 20.2. The molecular weight excluding hydrogens is 398 g/mol. The van der Waals surface area contributed by atoms with Gasteiger partial charge in [-0.05, 0) is 24.6 Å². The van der Waals surface area contributed by atoms with E-state index in [0.29, 0.717) is 36.0 Å². The monoisotopic (exact) mass is 421 g/mol. The number of methoxy groups -OCH3 is 2. The Kier molecular flexibility index (Phi) is 5.60. The number of carbonyl (C=O) groups excluding carboxylic acids is 1. The lowest BCUT2D eigenvalue weighted by atomic mass is 9.86. The highest BCUT2D eigenvalue weighted by molar-refractivity contribution is 8.03. The summed E-state index contributed by atoms with van der Waals surface area (Å²) in [5, 5.41) is 10.7. The van der Waals surface area contributed by atoms with Gasteiger partial charge >= 0.3 is 0 Å². The average Bonchev–Trinajstić information content (AvgIpc) is 2.79. The third-order valence-corrected chi connectivity index (χ3v) is 6.66. The van der Waals surface area contributed by atoms with Crippen LogP contribution in [-0.4, -0.2) is 37.6 Å². The number of nitriles is 1. The van der Waals surface area contributed by atoms with Gasteiger partial charge in [-0.15, -0.1) is 0 Å². The van der Waals surface area contributed by atoms with E-state index in [-0.39, 0.29) is 11.8 Å². The molecule has 2 aliphatic heterocycles. The summed E-state index contributed by atoms with van der Waals surface area (Å²) in [7, 11) is 3.23. The second-order valence-electron chi connectivity index (χ2n) is 7.31. The standard InChI is InChI=1S/C23H23N3O3S/c1-15-4-6-16(7-5-15)18-11-22(27)26-13-25(14-30-23(26)19(18)12-24)20-9-8-17(28-2)10-21(20)29-3/h4-10,18H,11,13-14H2,1-3H3/t18-/m0/s1. The van der Waals surface area contributed by atoms with Gasteiger partial charge in [0.25, 0.3) is 0 Å². The number of hydrogen-bond acceptors (Lipinski definition) is 6. The molecule has 1 saturated heterocycles. The highest BCUT2D eigenvalue weighted by Crippen LogP contribution is 2.44. The van der Waals surface area contributed by atoms with E-state index >= 15 is 0 Å². The number of nitrogens with zero attached hydrogens (tertiary/aromatic N) is 3. The summed E-state index contributed by atoms with van der Waals surface area (Å²) in [5.74, 6) is 1.85. The summed E-state index contributed by atoms with van der Waals surface area (Å²) in [6.07, 6.45) is 0.295. The van der Waals surface area contributed by atoms with Crippen molar-refractivity contribution in [3.63, 3.8) is 0 Å². The molecule has 2 heterocycles. The number of thioether (sulfide) groups is 1. The van der Waals surface area contributed by atoms with Crippen molar-refractivity contribution in [2.45, 2.75) is 19.3 Å². The Morgan fingerprint density at radius 1 is 1.13 bits per heavy atom. The van der Waals surface area contributed by atoms with Crippen molar-refractivity contribution in [1.82, 2.24) is 4.90 Å². The summed E-state index contributed by atoms with van der Waals surface area (Å²) >= 11 is 1.52. The minimum Gasteiger partial charge on any atom is -0.497 e. The number of benzene rings is 2. The quantitative estimate of drug-likeness (QED) is 0.736. The molecular formula is C23H23N3O3S. The van der Waals surface area contributed by atoms with Gasteiger partial charge in [-0.2, -0.15) is 5.26 Å². The Balaban J connectivity index is 1.65. The third kappa shape index (κ3) is 3.59. The molecule has 1 amide bonds. The maximum Gasteiger partial charge on any atom is 0.229 e. The molecule has 2 aliphatic rings. The lowest BCUT2D eigenvalue weighted by Crippen LogP contribution is -2.47. The number of hydrogen-bond donors (Lipinski definition) is 0. The van der Waals surface area contributed by atoms with Gasteiger partial charge < -0.3 is 14.4 Å². The van der Waals surface area contributed by atoms with Gasteiger partial charge in [0.05, 0.1) is 49.1 Å². The average molecular weight is 422 g/mol. The Hall–Kier alpha value is -3.11. The maximum atomic E-state index is 13.1. The molecule has 0 unspecified atom stereocenters. The number of carbonyl (C=O) groups is 1. The normalized spacial score (nSPS) is 18.7. The first-order valence-electron chi connectivity index (χ1n) is 9.66. The van der Waals surface area contributed by atoms with Gasteiger partial charge in [0.15, 0.2) is 0 Å². The summed E-state index contributed by atoms with van der Waals surface area (Å²) in [6.45, 7) is 2.41. The smallest absolute Gasteiger partial charge is 0.229 e. The number of aryl methyl sites for hydroxylation is 1. The Morgan fingerprint density at radius 3 is 2.57 bits per heavy atom. The number of ether oxygens (including phenoxy) is 2. The van der Waals surface area contributed by atoms with Gasteiger partial charge in [-0.3, -0.25) is 9.69 Å². The molecule has 0 aliphatic carbocycles. The third-order valence-electron chi connectivity index (χ3n) is 5.50. The number of allylic oxidation sites excluding steroid dienone is 1. The molecule has 7 heteroatoms. The van der Waals surface area contributed by atoms with Crippen LogP contribution in [-0.2, 0) is 4.79 Å². The minimum atomic E-state index is -0.191. The van der Waals surface area contributed by atoms with E-state index in [4.69, 9.17) is 9.47 Å². The predicted molar refractivity (Wildman–Crippen MR) is 117 cm³/mol. The van der Waals surface area contributed by atoms with Gasteiger partial charge in [-0.1, -0.05) is 41.6 Å². The molecule has 154 valence electrons. The molecule has 6 nitrogen and oxygen atoms in total. The van der Waals surface area contributed by atoms with Crippen LogP contribution in [0.1, 0.15) is 23.5 Å². The fourth-order valence-electron chi connectivity index (χ4n) is 3.84. The van der Waals surface area contributed by atoms with E-state index in [2.05, 4.69) is 11.0 Å². The topological polar surface area (TPSA) is 65.8 Å². The second-order valence-corrected chi connectivity index (χ2v) is 8.25. The molecule has 30 heavy (non-hydrogen) atoms. The van der Waals surface area contributed by atoms with Crippen LogP contribution in [0.4, 0.5) is 5.69 Å². The lowest BCUT2D eigenvalue weighted by molar-refractivity contribution is -0.129. The molecule has 0 bridgehead atoms. The Bertz CT molecular complexity index is 1040. The van der Waals surface area contributed by atoms with Crippen LogP contribution >= 0.6 is 11.8 Å². The highest BCUT2D eigenvalue weighted by Gasteiger charge is 2.38. The molecule has 0 radical (unpaired) electrons.